The number of nitriles is 1. The first-order valence-electron chi connectivity index (χ1n) is 17.5. The quantitative estimate of drug-likeness (QED) is 0.158. The maximum absolute atomic E-state index is 17.2. The van der Waals surface area contributed by atoms with E-state index in [2.05, 4.69) is 52.2 Å². The zero-order valence-corrected chi connectivity index (χ0v) is 29.3. The summed E-state index contributed by atoms with van der Waals surface area (Å²) >= 11 is 0. The van der Waals surface area contributed by atoms with Crippen LogP contribution in [-0.4, -0.2) is 82.1 Å². The third-order valence-electron chi connectivity index (χ3n) is 11.4. The van der Waals surface area contributed by atoms with Gasteiger partial charge in [0.1, 0.15) is 29.5 Å². The molecule has 0 saturated carbocycles. The zero-order valence-electron chi connectivity index (χ0n) is 29.3. The van der Waals surface area contributed by atoms with E-state index < -0.39 is 11.6 Å². The monoisotopic (exact) mass is 689 g/mol. The number of carbonyl (C=O) groups is 1. The highest BCUT2D eigenvalue weighted by atomic mass is 19.1. The molecule has 9 nitrogen and oxygen atoms in total. The van der Waals surface area contributed by atoms with Crippen molar-refractivity contribution in [2.24, 2.45) is 5.41 Å². The Morgan fingerprint density at radius 3 is 2.61 bits per heavy atom. The van der Waals surface area contributed by atoms with E-state index in [1.807, 2.05) is 0 Å². The van der Waals surface area contributed by atoms with Gasteiger partial charge in [-0.2, -0.15) is 15.2 Å². The van der Waals surface area contributed by atoms with Crippen LogP contribution in [0.5, 0.6) is 6.01 Å². The number of carbonyl (C=O) groups excluding carboxylic acids is 1. The molecule has 11 heteroatoms. The van der Waals surface area contributed by atoms with E-state index in [1.165, 1.54) is 30.5 Å². The summed E-state index contributed by atoms with van der Waals surface area (Å²) in [6.07, 6.45) is 14.5. The zero-order chi connectivity index (χ0) is 36.1. The van der Waals surface area contributed by atoms with E-state index in [1.54, 1.807) is 18.0 Å². The van der Waals surface area contributed by atoms with Crippen LogP contribution in [0.1, 0.15) is 63.5 Å². The number of aromatic nitrogens is 3. The highest BCUT2D eigenvalue weighted by Crippen LogP contribution is 2.42. The van der Waals surface area contributed by atoms with Gasteiger partial charge in [-0.1, -0.05) is 32.4 Å². The molecule has 51 heavy (non-hydrogen) atoms. The smallest absolute Gasteiger partial charge is 0.319 e. The standard InChI is InChI=1S/C40H41F2N7O2/c1-6-27-30(41)12-11-26-19-25(21-43)20-28(33(26)27)35-34(42)36-29(22-44-35)37(46-38(45-36)51-24-40-14-9-17-49(40)18-10-15-40)48-16-8-13-39(3,4)31(23-48)47(5)32(50)7-2/h1,7,11-12,19-20,22,31H,2,8-10,13-18,23-24H2,3-5H3. The van der Waals surface area contributed by atoms with Crippen LogP contribution in [0.2, 0.25) is 0 Å². The van der Waals surface area contributed by atoms with Crippen molar-refractivity contribution in [3.8, 4) is 35.7 Å². The Balaban J connectivity index is 1.41. The molecule has 0 bridgehead atoms. The molecule has 1 amide bonds. The van der Waals surface area contributed by atoms with Gasteiger partial charge in [-0.05, 0) is 86.7 Å². The minimum Gasteiger partial charge on any atom is -0.461 e. The van der Waals surface area contributed by atoms with Crippen molar-refractivity contribution in [3.05, 3.63) is 65.9 Å². The summed E-state index contributed by atoms with van der Waals surface area (Å²) in [4.78, 5) is 33.3. The average Bonchev–Trinajstić information content (AvgIpc) is 3.67. The molecular weight excluding hydrogens is 648 g/mol. The molecule has 3 aliphatic heterocycles. The van der Waals surface area contributed by atoms with E-state index in [-0.39, 0.29) is 62.2 Å². The molecule has 3 aliphatic rings. The van der Waals surface area contributed by atoms with E-state index in [0.717, 1.165) is 51.6 Å². The SMILES string of the molecule is C#Cc1c(F)ccc2cc(C#N)cc(-c3ncc4c(N5CCCC(C)(C)C(N(C)C(=O)C=C)C5)nc(OCC56CCCN5CCC6)nc4c3F)c12. The number of pyridine rings is 1. The first kappa shape index (κ1) is 34.3. The van der Waals surface area contributed by atoms with Crippen molar-refractivity contribution in [2.75, 3.05) is 44.7 Å². The predicted octanol–water partition coefficient (Wildman–Crippen LogP) is 6.62. The summed E-state index contributed by atoms with van der Waals surface area (Å²) in [5.41, 5.74) is -0.0833. The lowest BCUT2D eigenvalue weighted by atomic mass is 9.80. The Hall–Kier alpha value is -5.13. The number of nitrogens with zero attached hydrogens (tertiary/aromatic N) is 7. The number of hydrogen-bond acceptors (Lipinski definition) is 8. The molecule has 3 fully saturated rings. The van der Waals surface area contributed by atoms with Crippen molar-refractivity contribution in [2.45, 2.75) is 64.0 Å². The fourth-order valence-electron chi connectivity index (χ4n) is 8.58. The van der Waals surface area contributed by atoms with Gasteiger partial charge < -0.3 is 14.5 Å². The molecule has 7 rings (SSSR count). The van der Waals surface area contributed by atoms with Crippen molar-refractivity contribution >= 4 is 33.4 Å². The molecule has 5 heterocycles. The topological polar surface area (TPSA) is 98.5 Å². The second kappa shape index (κ2) is 13.2. The van der Waals surface area contributed by atoms with Gasteiger partial charge in [-0.25, -0.2) is 8.78 Å². The second-order valence-corrected chi connectivity index (χ2v) is 14.7. The minimum atomic E-state index is -0.767. The van der Waals surface area contributed by atoms with Crippen molar-refractivity contribution in [1.82, 2.24) is 24.8 Å². The third kappa shape index (κ3) is 5.94. The largest absolute Gasteiger partial charge is 0.461 e. The summed E-state index contributed by atoms with van der Waals surface area (Å²) in [6, 6.07) is 7.76. The van der Waals surface area contributed by atoms with E-state index in [0.29, 0.717) is 36.3 Å². The lowest BCUT2D eigenvalue weighted by Crippen LogP contribution is -2.50. The Morgan fingerprint density at radius 1 is 1.16 bits per heavy atom. The number of fused-ring (bicyclic) bond motifs is 3. The lowest BCUT2D eigenvalue weighted by Gasteiger charge is -2.40. The average molecular weight is 690 g/mol. The molecule has 262 valence electrons. The molecule has 4 aromatic rings. The Morgan fingerprint density at radius 2 is 1.90 bits per heavy atom. The number of amides is 1. The number of halogens is 2. The number of terminal acetylenes is 1. The first-order valence-corrected chi connectivity index (χ1v) is 17.5. The van der Waals surface area contributed by atoms with Crippen molar-refractivity contribution < 1.29 is 18.3 Å². The van der Waals surface area contributed by atoms with Crippen LogP contribution in [0.4, 0.5) is 14.6 Å². The molecule has 0 aliphatic carbocycles. The van der Waals surface area contributed by atoms with E-state index in [9.17, 15) is 10.1 Å². The molecule has 0 spiro atoms. The molecular formula is C40H41F2N7O2. The van der Waals surface area contributed by atoms with Crippen molar-refractivity contribution in [3.63, 3.8) is 0 Å². The molecule has 1 atom stereocenters. The van der Waals surface area contributed by atoms with Gasteiger partial charge in [0.05, 0.1) is 34.2 Å². The molecule has 1 unspecified atom stereocenters. The molecule has 2 aromatic carbocycles. The minimum absolute atomic E-state index is 0.0167. The summed E-state index contributed by atoms with van der Waals surface area (Å²) in [5.74, 6) is 1.27. The fraction of sp³-hybridized carbons (Fsp3) is 0.425. The van der Waals surface area contributed by atoms with Crippen LogP contribution in [0.25, 0.3) is 32.9 Å². The first-order chi connectivity index (χ1) is 24.5. The molecule has 0 radical (unpaired) electrons. The normalized spacial score (nSPS) is 19.7. The fourth-order valence-corrected chi connectivity index (χ4v) is 8.58. The number of likely N-dealkylation sites (N-methyl/N-ethyl adjacent to an activating group) is 1. The van der Waals surface area contributed by atoms with E-state index in [4.69, 9.17) is 16.1 Å². The summed E-state index contributed by atoms with van der Waals surface area (Å²) in [6.45, 7) is 11.4. The Kier molecular flexibility index (Phi) is 8.89. The van der Waals surface area contributed by atoms with Gasteiger partial charge in [0, 0.05) is 37.3 Å². The summed E-state index contributed by atoms with van der Waals surface area (Å²) in [5, 5.41) is 11.0. The van der Waals surface area contributed by atoms with Crippen LogP contribution in [0, 0.1) is 40.7 Å². The number of benzene rings is 2. The summed E-state index contributed by atoms with van der Waals surface area (Å²) < 4.78 is 38.6. The lowest BCUT2D eigenvalue weighted by molar-refractivity contribution is -0.128. The molecule has 3 saturated heterocycles. The summed E-state index contributed by atoms with van der Waals surface area (Å²) in [7, 11) is 1.78. The van der Waals surface area contributed by atoms with Crippen LogP contribution < -0.4 is 9.64 Å². The highest BCUT2D eigenvalue weighted by Gasteiger charge is 2.45. The van der Waals surface area contributed by atoms with Gasteiger partial charge in [0.15, 0.2) is 5.82 Å². The van der Waals surface area contributed by atoms with Crippen LogP contribution in [0.15, 0.2) is 43.1 Å². The molecule has 2 aromatic heterocycles. The van der Waals surface area contributed by atoms with E-state index >= 15 is 8.78 Å². The predicted molar refractivity (Wildman–Crippen MR) is 193 cm³/mol. The van der Waals surface area contributed by atoms with Gasteiger partial charge in [-0.3, -0.25) is 14.7 Å². The van der Waals surface area contributed by atoms with Crippen LogP contribution in [-0.2, 0) is 4.79 Å². The van der Waals surface area contributed by atoms with Gasteiger partial charge in [0.2, 0.25) is 5.91 Å². The number of hydrogen-bond donors (Lipinski definition) is 0. The third-order valence-corrected chi connectivity index (χ3v) is 11.4. The number of ether oxygens (including phenoxy) is 1. The van der Waals surface area contributed by atoms with Gasteiger partial charge in [0.25, 0.3) is 0 Å². The number of rotatable bonds is 7. The van der Waals surface area contributed by atoms with Gasteiger partial charge in [-0.15, -0.1) is 6.42 Å². The molecule has 0 N–H and O–H groups in total. The maximum atomic E-state index is 17.2. The van der Waals surface area contributed by atoms with Crippen LogP contribution >= 0.6 is 0 Å². The Bertz CT molecular complexity index is 2140. The number of anilines is 1. The second-order valence-electron chi connectivity index (χ2n) is 14.7. The van der Waals surface area contributed by atoms with Crippen LogP contribution in [0.3, 0.4) is 0 Å². The van der Waals surface area contributed by atoms with Gasteiger partial charge >= 0.3 is 6.01 Å². The highest BCUT2D eigenvalue weighted by molar-refractivity contribution is 6.03. The maximum Gasteiger partial charge on any atom is 0.319 e. The van der Waals surface area contributed by atoms with Crippen molar-refractivity contribution in [1.29, 1.82) is 5.26 Å². The Labute approximate surface area is 296 Å².